The van der Waals surface area contributed by atoms with Crippen molar-refractivity contribution in [3.63, 3.8) is 0 Å². The number of allylic oxidation sites excluding steroid dienone is 4. The van der Waals surface area contributed by atoms with E-state index in [4.69, 9.17) is 0 Å². The van der Waals surface area contributed by atoms with Gasteiger partial charge in [-0.05, 0) is 36.8 Å². The molecule has 1 aliphatic carbocycles. The summed E-state index contributed by atoms with van der Waals surface area (Å²) in [6.45, 7) is 6.78. The fraction of sp³-hybridized carbons (Fsp3) is 0.636. The summed E-state index contributed by atoms with van der Waals surface area (Å²) in [5.74, 6) is 0. The molecule has 0 bridgehead atoms. The third-order valence-electron chi connectivity index (χ3n) is 2.57. The van der Waals surface area contributed by atoms with Crippen molar-refractivity contribution in [1.82, 2.24) is 0 Å². The zero-order chi connectivity index (χ0) is 8.27. The maximum Gasteiger partial charge on any atom is 0 e. The maximum atomic E-state index is 2.40. The van der Waals surface area contributed by atoms with Crippen molar-refractivity contribution in [2.45, 2.75) is 46.5 Å². The van der Waals surface area contributed by atoms with Crippen LogP contribution in [0.15, 0.2) is 22.8 Å². The third-order valence-corrected chi connectivity index (χ3v) is 2.57. The van der Waals surface area contributed by atoms with Gasteiger partial charge < -0.3 is 0 Å². The minimum Gasteiger partial charge on any atom is -0.0770 e. The van der Waals surface area contributed by atoms with Gasteiger partial charge in [0.25, 0.3) is 0 Å². The largest absolute Gasteiger partial charge is 0.0770 e. The van der Waals surface area contributed by atoms with Gasteiger partial charge in [0, 0.05) is 36.9 Å². The van der Waals surface area contributed by atoms with E-state index in [-0.39, 0.29) is 36.9 Å². The Bertz CT molecular complexity index is 199. The Balaban J connectivity index is 0.00000121. The summed E-state index contributed by atoms with van der Waals surface area (Å²) in [4.78, 5) is 0. The van der Waals surface area contributed by atoms with Crippen LogP contribution >= 0.6 is 0 Å². The smallest absolute Gasteiger partial charge is 0 e. The van der Waals surface area contributed by atoms with Gasteiger partial charge in [0.2, 0.25) is 0 Å². The van der Waals surface area contributed by atoms with Crippen molar-refractivity contribution in [1.29, 1.82) is 0 Å². The fourth-order valence-electron chi connectivity index (χ4n) is 1.91. The molecule has 1 heteroatoms. The molecule has 0 atom stereocenters. The van der Waals surface area contributed by atoms with Crippen molar-refractivity contribution in [3.05, 3.63) is 22.8 Å². The summed E-state index contributed by atoms with van der Waals surface area (Å²) >= 11 is 0. The molecule has 0 heterocycles. The molecule has 0 nitrogen and oxygen atoms in total. The predicted octanol–water partition coefficient (Wildman–Crippen LogP) is 3.84. The SMILES string of the molecule is CCC1=CCC(CC)=C1CC.[Lu]. The topological polar surface area (TPSA) is 0 Å². The van der Waals surface area contributed by atoms with Crippen molar-refractivity contribution < 1.29 is 36.9 Å². The average molecular weight is 325 g/mol. The number of hydrogen-bond donors (Lipinski definition) is 0. The molecular formula is C11H18Lu. The van der Waals surface area contributed by atoms with Gasteiger partial charge in [0.1, 0.15) is 0 Å². The molecule has 0 saturated carbocycles. The first kappa shape index (κ1) is 12.7. The Hall–Kier alpha value is 0.714. The van der Waals surface area contributed by atoms with Gasteiger partial charge in [0.05, 0.1) is 0 Å². The van der Waals surface area contributed by atoms with E-state index in [9.17, 15) is 0 Å². The van der Waals surface area contributed by atoms with Gasteiger partial charge in [0.15, 0.2) is 0 Å². The first-order valence-electron chi connectivity index (χ1n) is 4.73. The zero-order valence-corrected chi connectivity index (χ0v) is 9.82. The van der Waals surface area contributed by atoms with Gasteiger partial charge in [-0.3, -0.25) is 0 Å². The molecule has 0 unspecified atom stereocenters. The minimum absolute atomic E-state index is 0. The van der Waals surface area contributed by atoms with E-state index >= 15 is 0 Å². The summed E-state index contributed by atoms with van der Waals surface area (Å²) in [6.07, 6.45) is 7.30. The van der Waals surface area contributed by atoms with Crippen LogP contribution in [-0.2, 0) is 0 Å². The van der Waals surface area contributed by atoms with Crippen LogP contribution in [0.25, 0.3) is 0 Å². The molecule has 0 amide bonds. The standard InChI is InChI=1S/C11H18.Lu/c1-4-9-7-8-10(5-2)11(9)6-3;/h7H,4-6,8H2,1-3H3;. The van der Waals surface area contributed by atoms with Crippen LogP contribution in [0.2, 0.25) is 0 Å². The minimum atomic E-state index is 0. The average Bonchev–Trinajstić information content (AvgIpc) is 2.45. The van der Waals surface area contributed by atoms with Gasteiger partial charge in [-0.1, -0.05) is 32.4 Å². The predicted molar refractivity (Wildman–Crippen MR) is 50.6 cm³/mol. The normalized spacial score (nSPS) is 16.1. The van der Waals surface area contributed by atoms with Gasteiger partial charge >= 0.3 is 0 Å². The van der Waals surface area contributed by atoms with E-state index in [1.165, 1.54) is 25.7 Å². The van der Waals surface area contributed by atoms with E-state index < -0.39 is 0 Å². The molecule has 1 aliphatic rings. The second-order valence-corrected chi connectivity index (χ2v) is 3.08. The molecule has 0 saturated heterocycles. The molecule has 0 aromatic rings. The zero-order valence-electron chi connectivity index (χ0n) is 8.16. The number of hydrogen-bond acceptors (Lipinski definition) is 0. The Kier molecular flexibility index (Phi) is 6.58. The summed E-state index contributed by atoms with van der Waals surface area (Å²) in [5.41, 5.74) is 4.92. The first-order chi connectivity index (χ1) is 5.33. The molecule has 0 aliphatic heterocycles. The molecule has 0 aromatic heterocycles. The van der Waals surface area contributed by atoms with Crippen molar-refractivity contribution in [3.8, 4) is 0 Å². The second kappa shape index (κ2) is 6.21. The molecule has 1 rings (SSSR count). The molecule has 0 N–H and O–H groups in total. The van der Waals surface area contributed by atoms with Gasteiger partial charge in [-0.15, -0.1) is 0 Å². The van der Waals surface area contributed by atoms with Gasteiger partial charge in [-0.25, -0.2) is 0 Å². The Morgan fingerprint density at radius 1 is 1.08 bits per heavy atom. The fourth-order valence-corrected chi connectivity index (χ4v) is 1.91. The maximum absolute atomic E-state index is 2.40. The summed E-state index contributed by atoms with van der Waals surface area (Å²) < 4.78 is 0. The molecule has 0 fully saturated rings. The summed E-state index contributed by atoms with van der Waals surface area (Å²) in [5, 5.41) is 0. The van der Waals surface area contributed by atoms with E-state index in [1.807, 2.05) is 0 Å². The molecule has 0 spiro atoms. The van der Waals surface area contributed by atoms with Crippen LogP contribution in [0.3, 0.4) is 0 Å². The van der Waals surface area contributed by atoms with Crippen LogP contribution in [0.4, 0.5) is 0 Å². The van der Waals surface area contributed by atoms with Crippen LogP contribution in [-0.4, -0.2) is 0 Å². The van der Waals surface area contributed by atoms with E-state index in [2.05, 4.69) is 26.8 Å². The Labute approximate surface area is 105 Å². The Morgan fingerprint density at radius 3 is 2.17 bits per heavy atom. The van der Waals surface area contributed by atoms with Crippen LogP contribution in [0.1, 0.15) is 46.5 Å². The van der Waals surface area contributed by atoms with E-state index in [0.717, 1.165) is 0 Å². The van der Waals surface area contributed by atoms with Crippen LogP contribution < -0.4 is 0 Å². The van der Waals surface area contributed by atoms with E-state index in [1.54, 1.807) is 16.7 Å². The van der Waals surface area contributed by atoms with Gasteiger partial charge in [-0.2, -0.15) is 0 Å². The van der Waals surface area contributed by atoms with Crippen molar-refractivity contribution >= 4 is 0 Å². The monoisotopic (exact) mass is 325 g/mol. The first-order valence-corrected chi connectivity index (χ1v) is 4.73. The van der Waals surface area contributed by atoms with Crippen LogP contribution in [0, 0.1) is 36.9 Å². The summed E-state index contributed by atoms with van der Waals surface area (Å²) in [6, 6.07) is 0. The van der Waals surface area contributed by atoms with Crippen molar-refractivity contribution in [2.24, 2.45) is 0 Å². The van der Waals surface area contributed by atoms with Crippen molar-refractivity contribution in [2.75, 3.05) is 0 Å². The molecule has 12 heavy (non-hydrogen) atoms. The summed E-state index contributed by atoms with van der Waals surface area (Å²) in [7, 11) is 0. The quantitative estimate of drug-likeness (QED) is 0.739. The molecule has 0 aromatic carbocycles. The molecule has 1 radical (unpaired) electrons. The van der Waals surface area contributed by atoms with E-state index in [0.29, 0.717) is 0 Å². The molecule has 77 valence electrons. The molecular weight excluding hydrogens is 307 g/mol. The Morgan fingerprint density at radius 2 is 1.75 bits per heavy atom. The third kappa shape index (κ3) is 2.60. The number of rotatable bonds is 3. The second-order valence-electron chi connectivity index (χ2n) is 3.08. The van der Waals surface area contributed by atoms with Crippen LogP contribution in [0.5, 0.6) is 0 Å².